The molecule has 6 N–H and O–H groups in total. The maximum absolute atomic E-state index is 12.2. The van der Waals surface area contributed by atoms with Gasteiger partial charge in [0.2, 0.25) is 11.8 Å². The number of carbonyl (C=O) groups excluding carboxylic acids is 2. The predicted molar refractivity (Wildman–Crippen MR) is 82.8 cm³/mol. The summed E-state index contributed by atoms with van der Waals surface area (Å²) >= 11 is 0. The van der Waals surface area contributed by atoms with Gasteiger partial charge < -0.3 is 26.8 Å². The van der Waals surface area contributed by atoms with Crippen molar-refractivity contribution in [1.82, 2.24) is 16.0 Å². The summed E-state index contributed by atoms with van der Waals surface area (Å²) in [5, 5.41) is 16.6. The van der Waals surface area contributed by atoms with Crippen molar-refractivity contribution in [2.75, 3.05) is 13.6 Å². The lowest BCUT2D eigenvalue weighted by Crippen LogP contribution is -2.55. The van der Waals surface area contributed by atoms with Crippen molar-refractivity contribution in [1.29, 1.82) is 0 Å². The molecule has 0 saturated carbocycles. The largest absolute Gasteiger partial charge is 0.481 e. The van der Waals surface area contributed by atoms with E-state index >= 15 is 0 Å². The van der Waals surface area contributed by atoms with Crippen LogP contribution >= 0.6 is 0 Å². The van der Waals surface area contributed by atoms with Crippen LogP contribution in [-0.4, -0.2) is 48.6 Å². The molecule has 0 aromatic heterocycles. The number of rotatable bonds is 10. The highest BCUT2D eigenvalue weighted by Gasteiger charge is 2.29. The maximum atomic E-state index is 12.2. The lowest BCUT2D eigenvalue weighted by atomic mass is 9.97. The van der Waals surface area contributed by atoms with Gasteiger partial charge in [-0.25, -0.2) is 0 Å². The molecule has 8 nitrogen and oxygen atoms in total. The maximum Gasteiger partial charge on any atom is 0.305 e. The van der Waals surface area contributed by atoms with Gasteiger partial charge in [-0.15, -0.1) is 0 Å². The van der Waals surface area contributed by atoms with Crippen molar-refractivity contribution < 1.29 is 19.5 Å². The monoisotopic (exact) mass is 314 g/mol. The highest BCUT2D eigenvalue weighted by Crippen LogP contribution is 2.09. The van der Waals surface area contributed by atoms with Crippen LogP contribution in [0.2, 0.25) is 0 Å². The molecular formula is C14H26N4O4. The summed E-state index contributed by atoms with van der Waals surface area (Å²) in [6, 6.07) is -1.66. The molecule has 3 atom stereocenters. The molecule has 0 heterocycles. The molecule has 0 saturated heterocycles. The summed E-state index contributed by atoms with van der Waals surface area (Å²) in [7, 11) is 1.49. The molecule has 0 aliphatic heterocycles. The Kier molecular flexibility index (Phi) is 8.85. The molecule has 0 radical (unpaired) electrons. The Balaban J connectivity index is 4.89. The zero-order chi connectivity index (χ0) is 17.3. The second-order valence-electron chi connectivity index (χ2n) is 5.19. The normalized spacial score (nSPS) is 14.5. The van der Waals surface area contributed by atoms with Gasteiger partial charge in [0.05, 0.1) is 19.0 Å². The van der Waals surface area contributed by atoms with E-state index in [0.717, 1.165) is 0 Å². The minimum atomic E-state index is -1.10. The molecular weight excluding hydrogens is 288 g/mol. The number of hydrogen-bond donors (Lipinski definition) is 5. The van der Waals surface area contributed by atoms with Crippen molar-refractivity contribution in [3.63, 3.8) is 0 Å². The Hall–Kier alpha value is -2.09. The van der Waals surface area contributed by atoms with Crippen LogP contribution in [0.3, 0.4) is 0 Å². The number of nitrogens with one attached hydrogen (secondary N) is 3. The van der Waals surface area contributed by atoms with E-state index in [1.165, 1.54) is 7.05 Å². The number of carbonyl (C=O) groups is 3. The van der Waals surface area contributed by atoms with E-state index in [4.69, 9.17) is 10.8 Å². The van der Waals surface area contributed by atoms with Gasteiger partial charge in [-0.05, 0) is 13.0 Å². The van der Waals surface area contributed by atoms with E-state index < -0.39 is 24.0 Å². The van der Waals surface area contributed by atoms with Gasteiger partial charge in [0.25, 0.3) is 0 Å². The van der Waals surface area contributed by atoms with Crippen molar-refractivity contribution in [2.45, 2.75) is 38.8 Å². The van der Waals surface area contributed by atoms with Crippen molar-refractivity contribution >= 4 is 17.8 Å². The Labute approximate surface area is 130 Å². The average molecular weight is 314 g/mol. The molecule has 0 spiro atoms. The van der Waals surface area contributed by atoms with Crippen molar-refractivity contribution in [3.8, 4) is 0 Å². The number of amides is 2. The molecule has 0 aliphatic carbocycles. The fourth-order valence-corrected chi connectivity index (χ4v) is 1.77. The van der Waals surface area contributed by atoms with Crippen LogP contribution in [0.5, 0.6) is 0 Å². The molecule has 0 bridgehead atoms. The fourth-order valence-electron chi connectivity index (χ4n) is 1.77. The summed E-state index contributed by atoms with van der Waals surface area (Å²) in [5.41, 5.74) is 5.71. The van der Waals surface area contributed by atoms with E-state index in [9.17, 15) is 14.4 Å². The van der Waals surface area contributed by atoms with Gasteiger partial charge >= 0.3 is 5.97 Å². The SMILES string of the molecule is C=C(N)CNC(=O)C(NC(=O)C(CC(=O)O)NC)C(C)CC. The van der Waals surface area contributed by atoms with Crippen molar-refractivity contribution in [2.24, 2.45) is 11.7 Å². The molecule has 2 amide bonds. The minimum Gasteiger partial charge on any atom is -0.481 e. The van der Waals surface area contributed by atoms with Crippen LogP contribution in [-0.2, 0) is 14.4 Å². The molecule has 0 aliphatic rings. The standard InChI is InChI=1S/C14H26N4O4/c1-5-8(2)12(14(22)17-7-9(3)15)18-13(21)10(16-4)6-11(19)20/h8,10,12,16H,3,5-7,15H2,1-2,4H3,(H,17,22)(H,18,21)(H,19,20). The van der Waals surface area contributed by atoms with Gasteiger partial charge in [0.15, 0.2) is 0 Å². The van der Waals surface area contributed by atoms with E-state index in [-0.39, 0.29) is 24.8 Å². The Morgan fingerprint density at radius 3 is 2.27 bits per heavy atom. The van der Waals surface area contributed by atoms with Crippen LogP contribution in [0.25, 0.3) is 0 Å². The fraction of sp³-hybridized carbons (Fsp3) is 0.643. The second kappa shape index (κ2) is 9.78. The number of likely N-dealkylation sites (N-methyl/N-ethyl adjacent to an activating group) is 1. The third-order valence-electron chi connectivity index (χ3n) is 3.33. The summed E-state index contributed by atoms with van der Waals surface area (Å²) in [4.78, 5) is 35.0. The van der Waals surface area contributed by atoms with E-state index in [0.29, 0.717) is 12.1 Å². The van der Waals surface area contributed by atoms with Gasteiger partial charge in [0, 0.05) is 5.70 Å². The summed E-state index contributed by atoms with van der Waals surface area (Å²) in [6.45, 7) is 7.33. The van der Waals surface area contributed by atoms with Crippen LogP contribution < -0.4 is 21.7 Å². The van der Waals surface area contributed by atoms with Crippen LogP contribution in [0, 0.1) is 5.92 Å². The first-order valence-electron chi connectivity index (χ1n) is 7.13. The zero-order valence-corrected chi connectivity index (χ0v) is 13.3. The number of carboxylic acids is 1. The second-order valence-corrected chi connectivity index (χ2v) is 5.19. The molecule has 22 heavy (non-hydrogen) atoms. The number of carboxylic acid groups (broad SMARTS) is 1. The minimum absolute atomic E-state index is 0.114. The number of nitrogens with two attached hydrogens (primary N) is 1. The predicted octanol–water partition coefficient (Wildman–Crippen LogP) is -0.831. The lowest BCUT2D eigenvalue weighted by molar-refractivity contribution is -0.140. The number of aliphatic carboxylic acids is 1. The molecule has 3 unspecified atom stereocenters. The molecule has 0 aromatic carbocycles. The Morgan fingerprint density at radius 2 is 1.86 bits per heavy atom. The van der Waals surface area contributed by atoms with Gasteiger partial charge in [-0.1, -0.05) is 26.8 Å². The molecule has 0 rings (SSSR count). The summed E-state index contributed by atoms with van der Waals surface area (Å²) in [5.74, 6) is -2.12. The van der Waals surface area contributed by atoms with Crippen LogP contribution in [0.1, 0.15) is 26.7 Å². The van der Waals surface area contributed by atoms with Crippen LogP contribution in [0.15, 0.2) is 12.3 Å². The highest BCUT2D eigenvalue weighted by atomic mass is 16.4. The Morgan fingerprint density at radius 1 is 1.27 bits per heavy atom. The van der Waals surface area contributed by atoms with E-state index in [2.05, 4.69) is 22.5 Å². The first-order valence-corrected chi connectivity index (χ1v) is 7.13. The third kappa shape index (κ3) is 7.07. The third-order valence-corrected chi connectivity index (χ3v) is 3.33. The van der Waals surface area contributed by atoms with E-state index in [1.807, 2.05) is 13.8 Å². The number of hydrogen-bond acceptors (Lipinski definition) is 5. The zero-order valence-electron chi connectivity index (χ0n) is 13.3. The molecule has 0 fully saturated rings. The van der Waals surface area contributed by atoms with E-state index in [1.54, 1.807) is 0 Å². The summed E-state index contributed by atoms with van der Waals surface area (Å²) in [6.07, 6.45) is 0.307. The smallest absolute Gasteiger partial charge is 0.305 e. The summed E-state index contributed by atoms with van der Waals surface area (Å²) < 4.78 is 0. The van der Waals surface area contributed by atoms with Gasteiger partial charge in [0.1, 0.15) is 6.04 Å². The molecule has 8 heteroatoms. The van der Waals surface area contributed by atoms with Gasteiger partial charge in [-0.2, -0.15) is 0 Å². The topological polar surface area (TPSA) is 134 Å². The van der Waals surface area contributed by atoms with Gasteiger partial charge in [-0.3, -0.25) is 14.4 Å². The van der Waals surface area contributed by atoms with Crippen molar-refractivity contribution in [3.05, 3.63) is 12.3 Å². The molecule has 126 valence electrons. The average Bonchev–Trinajstić information content (AvgIpc) is 2.46. The Bertz CT molecular complexity index is 425. The first-order chi connectivity index (χ1) is 10.2. The quantitative estimate of drug-likeness (QED) is 0.357. The lowest BCUT2D eigenvalue weighted by Gasteiger charge is -2.25. The molecule has 0 aromatic rings. The first kappa shape index (κ1) is 19.9. The van der Waals surface area contributed by atoms with Crippen LogP contribution in [0.4, 0.5) is 0 Å². The highest BCUT2D eigenvalue weighted by molar-refractivity contribution is 5.91.